The lowest BCUT2D eigenvalue weighted by Gasteiger charge is -2.27. The van der Waals surface area contributed by atoms with Crippen LogP contribution in [0.2, 0.25) is 0 Å². The van der Waals surface area contributed by atoms with Crippen molar-refractivity contribution < 1.29 is 14.7 Å². The van der Waals surface area contributed by atoms with Crippen LogP contribution in [0.1, 0.15) is 27.3 Å². The number of carbonyl (C=O) groups excluding carboxylic acids is 1. The van der Waals surface area contributed by atoms with E-state index in [9.17, 15) is 4.79 Å². The van der Waals surface area contributed by atoms with E-state index >= 15 is 0 Å². The highest BCUT2D eigenvalue weighted by atomic mass is 16.5. The summed E-state index contributed by atoms with van der Waals surface area (Å²) in [5.74, 6) is -0.556. The molecule has 3 aromatic rings. The number of morpholine rings is 1. The number of nitrogens with one attached hydrogen (secondary N) is 1. The van der Waals surface area contributed by atoms with Crippen LogP contribution in [0.25, 0.3) is 10.9 Å². The van der Waals surface area contributed by atoms with Gasteiger partial charge in [-0.15, -0.1) is 0 Å². The Hall–Kier alpha value is -2.74. The highest BCUT2D eigenvalue weighted by Gasteiger charge is 2.17. The van der Waals surface area contributed by atoms with Gasteiger partial charge in [0.2, 0.25) is 0 Å². The first-order valence-corrected chi connectivity index (χ1v) is 9.93. The zero-order chi connectivity index (χ0) is 20.2. The number of aromatic nitrogens is 2. The SMILES string of the molecule is Cc1c(Cc2ccc(C(=O)NO)cn2)c2ccccc2n1CCN1CCOCC1. The number of amides is 1. The molecule has 0 bridgehead atoms. The van der Waals surface area contributed by atoms with Crippen molar-refractivity contribution in [2.75, 3.05) is 32.8 Å². The summed E-state index contributed by atoms with van der Waals surface area (Å²) in [4.78, 5) is 18.4. The molecular formula is C22H26N4O3. The van der Waals surface area contributed by atoms with E-state index in [2.05, 4.69) is 45.6 Å². The van der Waals surface area contributed by atoms with Crippen molar-refractivity contribution in [3.8, 4) is 0 Å². The van der Waals surface area contributed by atoms with Crippen molar-refractivity contribution in [1.82, 2.24) is 19.9 Å². The van der Waals surface area contributed by atoms with Crippen LogP contribution >= 0.6 is 0 Å². The molecular weight excluding hydrogens is 368 g/mol. The minimum atomic E-state index is -0.556. The van der Waals surface area contributed by atoms with E-state index in [1.54, 1.807) is 11.5 Å². The van der Waals surface area contributed by atoms with Crippen molar-refractivity contribution in [3.63, 3.8) is 0 Å². The van der Waals surface area contributed by atoms with Gasteiger partial charge in [0.1, 0.15) is 0 Å². The van der Waals surface area contributed by atoms with Crippen LogP contribution in [0.5, 0.6) is 0 Å². The predicted octanol–water partition coefficient (Wildman–Crippen LogP) is 2.39. The Labute approximate surface area is 169 Å². The monoisotopic (exact) mass is 394 g/mol. The summed E-state index contributed by atoms with van der Waals surface area (Å²) < 4.78 is 7.85. The highest BCUT2D eigenvalue weighted by Crippen LogP contribution is 2.28. The first kappa shape index (κ1) is 19.6. The maximum Gasteiger partial charge on any atom is 0.276 e. The van der Waals surface area contributed by atoms with Crippen molar-refractivity contribution in [1.29, 1.82) is 0 Å². The fourth-order valence-corrected chi connectivity index (χ4v) is 3.99. The molecule has 1 fully saturated rings. The van der Waals surface area contributed by atoms with Crippen LogP contribution in [0.3, 0.4) is 0 Å². The molecule has 0 saturated carbocycles. The van der Waals surface area contributed by atoms with Gasteiger partial charge in [-0.05, 0) is 30.7 Å². The molecule has 0 atom stereocenters. The average molecular weight is 394 g/mol. The first-order valence-electron chi connectivity index (χ1n) is 9.93. The van der Waals surface area contributed by atoms with E-state index in [4.69, 9.17) is 9.94 Å². The summed E-state index contributed by atoms with van der Waals surface area (Å²) in [5, 5.41) is 10.00. The molecule has 2 aromatic heterocycles. The third-order valence-corrected chi connectivity index (χ3v) is 5.65. The van der Waals surface area contributed by atoms with E-state index in [0.29, 0.717) is 12.0 Å². The minimum Gasteiger partial charge on any atom is -0.379 e. The van der Waals surface area contributed by atoms with Crippen molar-refractivity contribution in [2.24, 2.45) is 0 Å². The predicted molar refractivity (Wildman–Crippen MR) is 110 cm³/mol. The van der Waals surface area contributed by atoms with Crippen molar-refractivity contribution >= 4 is 16.8 Å². The topological polar surface area (TPSA) is 79.6 Å². The lowest BCUT2D eigenvalue weighted by atomic mass is 10.0. The molecule has 2 N–H and O–H groups in total. The van der Waals surface area contributed by atoms with Gasteiger partial charge >= 0.3 is 0 Å². The van der Waals surface area contributed by atoms with E-state index in [1.165, 1.54) is 28.4 Å². The number of hydrogen-bond donors (Lipinski definition) is 2. The molecule has 7 nitrogen and oxygen atoms in total. The molecule has 1 saturated heterocycles. The summed E-state index contributed by atoms with van der Waals surface area (Å²) >= 11 is 0. The number of rotatable bonds is 6. The van der Waals surface area contributed by atoms with Crippen LogP contribution in [-0.2, 0) is 17.7 Å². The Morgan fingerprint density at radius 2 is 1.97 bits per heavy atom. The molecule has 1 aliphatic rings. The van der Waals surface area contributed by atoms with Gasteiger partial charge in [0.25, 0.3) is 5.91 Å². The van der Waals surface area contributed by atoms with Crippen molar-refractivity contribution in [2.45, 2.75) is 19.9 Å². The standard InChI is InChI=1S/C22H26N4O3/c1-16-20(14-18-7-6-17(15-23-18)22(27)24-28)19-4-2-3-5-21(19)26(16)9-8-25-10-12-29-13-11-25/h2-7,15,28H,8-14H2,1H3,(H,24,27). The lowest BCUT2D eigenvalue weighted by Crippen LogP contribution is -2.38. The fraction of sp³-hybridized carbons (Fsp3) is 0.364. The Morgan fingerprint density at radius 1 is 1.17 bits per heavy atom. The van der Waals surface area contributed by atoms with E-state index < -0.39 is 5.91 Å². The van der Waals surface area contributed by atoms with Gasteiger partial charge in [-0.1, -0.05) is 18.2 Å². The molecule has 0 unspecified atom stereocenters. The van der Waals surface area contributed by atoms with Crippen LogP contribution in [0.15, 0.2) is 42.6 Å². The summed E-state index contributed by atoms with van der Waals surface area (Å²) in [6.45, 7) is 7.72. The van der Waals surface area contributed by atoms with Gasteiger partial charge in [0.05, 0.1) is 18.8 Å². The van der Waals surface area contributed by atoms with Gasteiger partial charge in [-0.3, -0.25) is 19.9 Å². The van der Waals surface area contributed by atoms with Crippen LogP contribution in [-0.4, -0.2) is 58.4 Å². The lowest BCUT2D eigenvalue weighted by molar-refractivity contribution is 0.0365. The second kappa shape index (κ2) is 8.73. The Bertz CT molecular complexity index is 991. The third-order valence-electron chi connectivity index (χ3n) is 5.65. The van der Waals surface area contributed by atoms with E-state index in [1.807, 2.05) is 6.07 Å². The maximum atomic E-state index is 11.5. The van der Waals surface area contributed by atoms with Crippen LogP contribution < -0.4 is 5.48 Å². The zero-order valence-corrected chi connectivity index (χ0v) is 16.6. The van der Waals surface area contributed by atoms with Gasteiger partial charge in [-0.25, -0.2) is 5.48 Å². The van der Waals surface area contributed by atoms with Gasteiger partial charge in [0, 0.05) is 61.1 Å². The maximum absolute atomic E-state index is 11.5. The number of benzene rings is 1. The molecule has 1 aliphatic heterocycles. The summed E-state index contributed by atoms with van der Waals surface area (Å²) in [6, 6.07) is 12.0. The third kappa shape index (κ3) is 4.17. The zero-order valence-electron chi connectivity index (χ0n) is 16.6. The van der Waals surface area contributed by atoms with Crippen molar-refractivity contribution in [3.05, 3.63) is 65.1 Å². The number of fused-ring (bicyclic) bond motifs is 1. The molecule has 4 rings (SSSR count). The Balaban J connectivity index is 1.59. The number of para-hydroxylation sites is 1. The molecule has 7 heteroatoms. The quantitative estimate of drug-likeness (QED) is 0.496. The van der Waals surface area contributed by atoms with Gasteiger partial charge < -0.3 is 9.30 Å². The molecule has 1 amide bonds. The summed E-state index contributed by atoms with van der Waals surface area (Å²) in [6.07, 6.45) is 2.19. The number of hydrogen-bond acceptors (Lipinski definition) is 5. The smallest absolute Gasteiger partial charge is 0.276 e. The molecule has 0 spiro atoms. The summed E-state index contributed by atoms with van der Waals surface area (Å²) in [5.41, 5.74) is 6.60. The Kier molecular flexibility index (Phi) is 5.89. The van der Waals surface area contributed by atoms with Crippen LogP contribution in [0.4, 0.5) is 0 Å². The molecule has 152 valence electrons. The van der Waals surface area contributed by atoms with Crippen LogP contribution in [0, 0.1) is 6.92 Å². The number of carbonyl (C=O) groups is 1. The molecule has 0 radical (unpaired) electrons. The van der Waals surface area contributed by atoms with Gasteiger partial charge in [-0.2, -0.15) is 0 Å². The average Bonchev–Trinajstić information content (AvgIpc) is 3.04. The first-order chi connectivity index (χ1) is 14.2. The Morgan fingerprint density at radius 3 is 2.69 bits per heavy atom. The summed E-state index contributed by atoms with van der Waals surface area (Å²) in [7, 11) is 0. The number of pyridine rings is 1. The second-order valence-electron chi connectivity index (χ2n) is 7.34. The molecule has 0 aliphatic carbocycles. The second-order valence-corrected chi connectivity index (χ2v) is 7.34. The minimum absolute atomic E-state index is 0.334. The largest absolute Gasteiger partial charge is 0.379 e. The normalized spacial score (nSPS) is 15.0. The van der Waals surface area contributed by atoms with E-state index in [0.717, 1.165) is 45.1 Å². The van der Waals surface area contributed by atoms with Gasteiger partial charge in [0.15, 0.2) is 0 Å². The fourth-order valence-electron chi connectivity index (χ4n) is 3.99. The number of ether oxygens (including phenoxy) is 1. The molecule has 1 aromatic carbocycles. The molecule has 29 heavy (non-hydrogen) atoms. The van der Waals surface area contributed by atoms with E-state index in [-0.39, 0.29) is 0 Å². The number of hydroxylamine groups is 1. The molecule has 3 heterocycles. The number of nitrogens with zero attached hydrogens (tertiary/aromatic N) is 3. The highest BCUT2D eigenvalue weighted by molar-refractivity contribution is 5.93.